The lowest BCUT2D eigenvalue weighted by Crippen LogP contribution is -2.35. The second-order valence-corrected chi connectivity index (χ2v) is 7.12. The molecule has 1 aromatic rings. The van der Waals surface area contributed by atoms with Crippen LogP contribution in [0, 0.1) is 18.8 Å². The van der Waals surface area contributed by atoms with Crippen LogP contribution in [0.2, 0.25) is 0 Å². The summed E-state index contributed by atoms with van der Waals surface area (Å²) in [6.07, 6.45) is 9.62. The highest BCUT2D eigenvalue weighted by molar-refractivity contribution is 7.10. The van der Waals surface area contributed by atoms with E-state index in [0.29, 0.717) is 6.04 Å². The van der Waals surface area contributed by atoms with E-state index < -0.39 is 0 Å². The molecule has 3 N–H and O–H groups in total. The number of hydrogen-bond donors (Lipinski definition) is 2. The zero-order valence-corrected chi connectivity index (χ0v) is 13.1. The molecule has 2 rings (SSSR count). The van der Waals surface area contributed by atoms with Crippen LogP contribution in [0.25, 0.3) is 0 Å². The minimum atomic E-state index is 0.360. The minimum absolute atomic E-state index is 0.360. The molecule has 0 aliphatic heterocycles. The number of hydrazine groups is 1. The van der Waals surface area contributed by atoms with E-state index in [-0.39, 0.29) is 0 Å². The van der Waals surface area contributed by atoms with Crippen LogP contribution >= 0.6 is 11.3 Å². The SMILES string of the molecule is CCCCC1CCC(C(NN)c2ccsc2C)CC1. The molecule has 1 saturated carbocycles. The highest BCUT2D eigenvalue weighted by atomic mass is 32.1. The molecule has 2 nitrogen and oxygen atoms in total. The van der Waals surface area contributed by atoms with Crippen molar-refractivity contribution in [2.24, 2.45) is 17.7 Å². The highest BCUT2D eigenvalue weighted by Crippen LogP contribution is 2.39. The summed E-state index contributed by atoms with van der Waals surface area (Å²) in [6, 6.07) is 2.60. The summed E-state index contributed by atoms with van der Waals surface area (Å²) in [7, 11) is 0. The molecular formula is C16H28N2S. The lowest BCUT2D eigenvalue weighted by Gasteiger charge is -2.33. The van der Waals surface area contributed by atoms with E-state index in [1.54, 1.807) is 0 Å². The molecule has 1 aromatic heterocycles. The molecule has 0 aromatic carbocycles. The molecular weight excluding hydrogens is 252 g/mol. The summed E-state index contributed by atoms with van der Waals surface area (Å²) in [6.45, 7) is 4.50. The van der Waals surface area contributed by atoms with Gasteiger partial charge in [0.05, 0.1) is 0 Å². The first-order valence-corrected chi connectivity index (χ1v) is 8.64. The molecule has 0 amide bonds. The predicted octanol–water partition coefficient (Wildman–Crippen LogP) is 4.56. The topological polar surface area (TPSA) is 38.0 Å². The number of nitrogens with one attached hydrogen (secondary N) is 1. The molecule has 1 fully saturated rings. The number of thiophene rings is 1. The van der Waals surface area contributed by atoms with E-state index in [4.69, 9.17) is 5.84 Å². The van der Waals surface area contributed by atoms with Gasteiger partial charge < -0.3 is 0 Å². The van der Waals surface area contributed by atoms with Gasteiger partial charge in [-0.2, -0.15) is 0 Å². The number of hydrogen-bond acceptors (Lipinski definition) is 3. The van der Waals surface area contributed by atoms with Crippen molar-refractivity contribution in [3.8, 4) is 0 Å². The maximum atomic E-state index is 5.83. The third-order valence-corrected chi connectivity index (χ3v) is 5.60. The Hall–Kier alpha value is -0.380. The Balaban J connectivity index is 1.90. The third-order valence-electron chi connectivity index (χ3n) is 4.74. The molecule has 0 bridgehead atoms. The van der Waals surface area contributed by atoms with Crippen molar-refractivity contribution >= 4 is 11.3 Å². The molecule has 19 heavy (non-hydrogen) atoms. The maximum Gasteiger partial charge on any atom is 0.0499 e. The van der Waals surface area contributed by atoms with Crippen molar-refractivity contribution in [3.05, 3.63) is 21.9 Å². The first-order valence-electron chi connectivity index (χ1n) is 7.76. The second-order valence-electron chi connectivity index (χ2n) is 6.00. The molecule has 108 valence electrons. The molecule has 1 unspecified atom stereocenters. The van der Waals surface area contributed by atoms with Crippen molar-refractivity contribution in [2.75, 3.05) is 0 Å². The number of aryl methyl sites for hydroxylation is 1. The third kappa shape index (κ3) is 3.80. The summed E-state index contributed by atoms with van der Waals surface area (Å²) in [5.41, 5.74) is 4.50. The quantitative estimate of drug-likeness (QED) is 0.592. The lowest BCUT2D eigenvalue weighted by atomic mass is 9.75. The van der Waals surface area contributed by atoms with Crippen LogP contribution in [-0.2, 0) is 0 Å². The molecule has 1 heterocycles. The van der Waals surface area contributed by atoms with Gasteiger partial charge in [-0.1, -0.05) is 39.0 Å². The van der Waals surface area contributed by atoms with E-state index >= 15 is 0 Å². The van der Waals surface area contributed by atoms with Gasteiger partial charge in [-0.05, 0) is 48.6 Å². The molecule has 1 aliphatic rings. The van der Waals surface area contributed by atoms with Gasteiger partial charge in [-0.25, -0.2) is 0 Å². The van der Waals surface area contributed by atoms with Crippen LogP contribution in [0.5, 0.6) is 0 Å². The largest absolute Gasteiger partial charge is 0.271 e. The standard InChI is InChI=1S/C16H28N2S/c1-3-4-5-13-6-8-14(9-7-13)16(18-17)15-10-11-19-12(15)2/h10-11,13-14,16,18H,3-9,17H2,1-2H3. The summed E-state index contributed by atoms with van der Waals surface area (Å²) in [4.78, 5) is 1.41. The smallest absolute Gasteiger partial charge is 0.0499 e. The Bertz CT molecular complexity index is 367. The minimum Gasteiger partial charge on any atom is -0.271 e. The monoisotopic (exact) mass is 280 g/mol. The Kier molecular flexibility index (Phi) is 5.86. The molecule has 0 saturated heterocycles. The van der Waals surface area contributed by atoms with Gasteiger partial charge in [0, 0.05) is 10.9 Å². The Morgan fingerprint density at radius 2 is 2.11 bits per heavy atom. The van der Waals surface area contributed by atoms with Gasteiger partial charge >= 0.3 is 0 Å². The first kappa shape index (κ1) is 15.0. The van der Waals surface area contributed by atoms with E-state index in [1.807, 2.05) is 11.3 Å². The molecule has 1 atom stereocenters. The van der Waals surface area contributed by atoms with Crippen molar-refractivity contribution < 1.29 is 0 Å². The normalized spacial score (nSPS) is 25.4. The van der Waals surface area contributed by atoms with Crippen molar-refractivity contribution in [1.29, 1.82) is 0 Å². The van der Waals surface area contributed by atoms with Crippen LogP contribution in [0.15, 0.2) is 11.4 Å². The second kappa shape index (κ2) is 7.41. The summed E-state index contributed by atoms with van der Waals surface area (Å²) in [5.74, 6) is 7.52. The van der Waals surface area contributed by atoms with Crippen LogP contribution in [0.1, 0.15) is 68.4 Å². The van der Waals surface area contributed by atoms with Crippen LogP contribution in [0.3, 0.4) is 0 Å². The average molecular weight is 280 g/mol. The van der Waals surface area contributed by atoms with Crippen LogP contribution in [0.4, 0.5) is 0 Å². The highest BCUT2D eigenvalue weighted by Gasteiger charge is 2.28. The fraction of sp³-hybridized carbons (Fsp3) is 0.750. The lowest BCUT2D eigenvalue weighted by molar-refractivity contribution is 0.213. The van der Waals surface area contributed by atoms with E-state index in [1.165, 1.54) is 55.4 Å². The Labute approximate surface area is 121 Å². The van der Waals surface area contributed by atoms with Crippen molar-refractivity contribution in [3.63, 3.8) is 0 Å². The predicted molar refractivity (Wildman–Crippen MR) is 84.1 cm³/mol. The number of unbranched alkanes of at least 4 members (excludes halogenated alkanes) is 1. The van der Waals surface area contributed by atoms with E-state index in [2.05, 4.69) is 30.7 Å². The van der Waals surface area contributed by atoms with Gasteiger partial charge in [-0.3, -0.25) is 11.3 Å². The van der Waals surface area contributed by atoms with E-state index in [0.717, 1.165) is 11.8 Å². The molecule has 0 spiro atoms. The van der Waals surface area contributed by atoms with Gasteiger partial charge in [0.2, 0.25) is 0 Å². The molecule has 0 radical (unpaired) electrons. The fourth-order valence-corrected chi connectivity index (χ4v) is 4.25. The maximum absolute atomic E-state index is 5.83. The van der Waals surface area contributed by atoms with Gasteiger partial charge in [0.25, 0.3) is 0 Å². The van der Waals surface area contributed by atoms with Crippen LogP contribution < -0.4 is 11.3 Å². The summed E-state index contributed by atoms with van der Waals surface area (Å²) < 4.78 is 0. The Morgan fingerprint density at radius 1 is 1.37 bits per heavy atom. The molecule has 3 heteroatoms. The van der Waals surface area contributed by atoms with Crippen molar-refractivity contribution in [2.45, 2.75) is 64.8 Å². The molecule has 1 aliphatic carbocycles. The van der Waals surface area contributed by atoms with Gasteiger partial charge in [-0.15, -0.1) is 11.3 Å². The average Bonchev–Trinajstić information content (AvgIpc) is 2.85. The van der Waals surface area contributed by atoms with Crippen LogP contribution in [-0.4, -0.2) is 0 Å². The van der Waals surface area contributed by atoms with Gasteiger partial charge in [0.15, 0.2) is 0 Å². The fourth-order valence-electron chi connectivity index (χ4n) is 3.50. The Morgan fingerprint density at radius 3 is 2.63 bits per heavy atom. The van der Waals surface area contributed by atoms with Gasteiger partial charge in [0.1, 0.15) is 0 Å². The zero-order chi connectivity index (χ0) is 13.7. The van der Waals surface area contributed by atoms with Crippen molar-refractivity contribution in [1.82, 2.24) is 5.43 Å². The first-order chi connectivity index (χ1) is 9.26. The van der Waals surface area contributed by atoms with E-state index in [9.17, 15) is 0 Å². The number of nitrogens with two attached hydrogens (primary N) is 1. The summed E-state index contributed by atoms with van der Waals surface area (Å²) >= 11 is 1.83. The summed E-state index contributed by atoms with van der Waals surface area (Å²) in [5, 5.41) is 2.18. The number of rotatable bonds is 6. The zero-order valence-electron chi connectivity index (χ0n) is 12.3.